The zero-order valence-corrected chi connectivity index (χ0v) is 17.6. The van der Waals surface area contributed by atoms with Gasteiger partial charge < -0.3 is 0 Å². The Labute approximate surface area is 184 Å². The highest BCUT2D eigenvalue weighted by molar-refractivity contribution is 6.02. The van der Waals surface area contributed by atoms with Crippen LogP contribution in [0.4, 0.5) is 4.39 Å². The molecule has 0 aliphatic heterocycles. The van der Waals surface area contributed by atoms with E-state index in [1.165, 1.54) is 18.2 Å². The Bertz CT molecular complexity index is 1300. The van der Waals surface area contributed by atoms with Gasteiger partial charge in [-0.25, -0.2) is 9.07 Å². The van der Waals surface area contributed by atoms with Crippen LogP contribution in [0.15, 0.2) is 79.0 Å². The molecule has 3 aromatic carbocycles. The third kappa shape index (κ3) is 4.27. The van der Waals surface area contributed by atoms with Crippen LogP contribution in [0.25, 0.3) is 16.9 Å². The number of aryl methyl sites for hydroxylation is 2. The fourth-order valence-corrected chi connectivity index (χ4v) is 3.42. The summed E-state index contributed by atoms with van der Waals surface area (Å²) in [6, 6.07) is 20.8. The number of para-hydroxylation sites is 1. The van der Waals surface area contributed by atoms with E-state index in [1.54, 1.807) is 16.9 Å². The number of amides is 2. The highest BCUT2D eigenvalue weighted by Crippen LogP contribution is 2.27. The number of nitrogens with one attached hydrogen (secondary N) is 2. The van der Waals surface area contributed by atoms with Gasteiger partial charge in [-0.3, -0.25) is 20.4 Å². The lowest BCUT2D eigenvalue weighted by molar-refractivity contribution is 0.0844. The highest BCUT2D eigenvalue weighted by atomic mass is 19.1. The van der Waals surface area contributed by atoms with Crippen LogP contribution in [-0.2, 0) is 0 Å². The monoisotopic (exact) mass is 428 g/mol. The lowest BCUT2D eigenvalue weighted by atomic mass is 10.0. The lowest BCUT2D eigenvalue weighted by Crippen LogP contribution is -2.42. The first-order chi connectivity index (χ1) is 15.4. The maximum Gasteiger partial charge on any atom is 0.273 e. The van der Waals surface area contributed by atoms with Gasteiger partial charge in [-0.1, -0.05) is 54.1 Å². The third-order valence-electron chi connectivity index (χ3n) is 5.02. The van der Waals surface area contributed by atoms with Gasteiger partial charge in [0.25, 0.3) is 11.8 Å². The zero-order chi connectivity index (χ0) is 22.7. The topological polar surface area (TPSA) is 76.0 Å². The van der Waals surface area contributed by atoms with Crippen molar-refractivity contribution in [3.05, 3.63) is 107 Å². The Hall–Kier alpha value is -4.26. The van der Waals surface area contributed by atoms with E-state index in [9.17, 15) is 14.0 Å². The van der Waals surface area contributed by atoms with Crippen LogP contribution < -0.4 is 10.9 Å². The number of aromatic nitrogens is 2. The molecule has 1 heterocycles. The summed E-state index contributed by atoms with van der Waals surface area (Å²) in [7, 11) is 0. The van der Waals surface area contributed by atoms with Crippen molar-refractivity contribution in [3.8, 4) is 16.9 Å². The van der Waals surface area contributed by atoms with Crippen LogP contribution in [0, 0.1) is 19.7 Å². The molecule has 2 amide bonds. The first kappa shape index (κ1) is 21.0. The molecule has 0 aliphatic carbocycles. The molecule has 7 heteroatoms. The molecule has 2 N–H and O–H groups in total. The number of hydrazine groups is 1. The van der Waals surface area contributed by atoms with Crippen molar-refractivity contribution in [3.63, 3.8) is 0 Å². The van der Waals surface area contributed by atoms with Gasteiger partial charge in [-0.15, -0.1) is 0 Å². The summed E-state index contributed by atoms with van der Waals surface area (Å²) in [6.07, 6.45) is 1.61. The van der Waals surface area contributed by atoms with Crippen LogP contribution in [-0.4, -0.2) is 21.6 Å². The van der Waals surface area contributed by atoms with Crippen molar-refractivity contribution in [2.24, 2.45) is 0 Å². The summed E-state index contributed by atoms with van der Waals surface area (Å²) >= 11 is 0. The minimum Gasteiger partial charge on any atom is -0.267 e. The number of carbonyl (C=O) groups excluding carboxylic acids is 2. The second kappa shape index (κ2) is 8.85. The normalized spacial score (nSPS) is 10.6. The minimum absolute atomic E-state index is 0.164. The second-order valence-electron chi connectivity index (χ2n) is 7.38. The van der Waals surface area contributed by atoms with Crippen molar-refractivity contribution >= 4 is 11.8 Å². The van der Waals surface area contributed by atoms with E-state index in [4.69, 9.17) is 0 Å². The number of carbonyl (C=O) groups is 2. The molecular weight excluding hydrogens is 407 g/mol. The fraction of sp³-hybridized carbons (Fsp3) is 0.0800. The summed E-state index contributed by atoms with van der Waals surface area (Å²) < 4.78 is 15.5. The maximum atomic E-state index is 13.9. The van der Waals surface area contributed by atoms with Gasteiger partial charge in [0.1, 0.15) is 11.5 Å². The number of hydrogen-bond acceptors (Lipinski definition) is 3. The van der Waals surface area contributed by atoms with Gasteiger partial charge in [-0.05, 0) is 43.7 Å². The van der Waals surface area contributed by atoms with Crippen LogP contribution in [0.3, 0.4) is 0 Å². The zero-order valence-electron chi connectivity index (χ0n) is 17.6. The number of nitrogens with zero attached hydrogens (tertiary/aromatic N) is 2. The van der Waals surface area contributed by atoms with E-state index in [0.717, 1.165) is 22.4 Å². The molecule has 0 unspecified atom stereocenters. The van der Waals surface area contributed by atoms with Crippen molar-refractivity contribution in [1.29, 1.82) is 0 Å². The van der Waals surface area contributed by atoms with E-state index in [0.29, 0.717) is 5.69 Å². The summed E-state index contributed by atoms with van der Waals surface area (Å²) in [4.78, 5) is 25.3. The Morgan fingerprint density at radius 3 is 2.19 bits per heavy atom. The summed E-state index contributed by atoms with van der Waals surface area (Å²) in [5.74, 6) is -1.99. The Morgan fingerprint density at radius 1 is 0.844 bits per heavy atom. The van der Waals surface area contributed by atoms with Gasteiger partial charge in [0.05, 0.1) is 16.8 Å². The molecule has 0 saturated heterocycles. The molecule has 0 fully saturated rings. The Kier molecular flexibility index (Phi) is 5.81. The van der Waals surface area contributed by atoms with Crippen LogP contribution in [0.1, 0.15) is 31.8 Å². The maximum absolute atomic E-state index is 13.9. The number of halogens is 1. The molecule has 1 aromatic heterocycles. The van der Waals surface area contributed by atoms with Crippen molar-refractivity contribution in [2.75, 3.05) is 0 Å². The summed E-state index contributed by atoms with van der Waals surface area (Å²) in [6.45, 7) is 3.94. The van der Waals surface area contributed by atoms with Crippen molar-refractivity contribution < 1.29 is 14.0 Å². The quantitative estimate of drug-likeness (QED) is 0.474. The first-order valence-corrected chi connectivity index (χ1v) is 10.0. The molecule has 160 valence electrons. The predicted molar refractivity (Wildman–Crippen MR) is 120 cm³/mol. The van der Waals surface area contributed by atoms with E-state index in [-0.39, 0.29) is 11.1 Å². The Morgan fingerprint density at radius 2 is 1.50 bits per heavy atom. The lowest BCUT2D eigenvalue weighted by Gasteiger charge is -2.09. The molecule has 0 spiro atoms. The van der Waals surface area contributed by atoms with E-state index < -0.39 is 17.6 Å². The third-order valence-corrected chi connectivity index (χ3v) is 5.02. The molecule has 4 aromatic rings. The van der Waals surface area contributed by atoms with Gasteiger partial charge in [-0.2, -0.15) is 5.10 Å². The minimum atomic E-state index is -0.750. The number of hydrogen-bond donors (Lipinski definition) is 2. The molecule has 0 bridgehead atoms. The van der Waals surface area contributed by atoms with Crippen LogP contribution in [0.5, 0.6) is 0 Å². The SMILES string of the molecule is Cc1ccc(-c2nn(-c3ccccc3)cc2C(=O)NNC(=O)c2ccccc2F)c(C)c1. The molecule has 0 aliphatic rings. The molecule has 6 nitrogen and oxygen atoms in total. The first-order valence-electron chi connectivity index (χ1n) is 10.0. The van der Waals surface area contributed by atoms with Crippen molar-refractivity contribution in [2.45, 2.75) is 13.8 Å². The average Bonchev–Trinajstić information content (AvgIpc) is 3.23. The molecule has 0 radical (unpaired) electrons. The van der Waals surface area contributed by atoms with E-state index >= 15 is 0 Å². The van der Waals surface area contributed by atoms with Gasteiger partial charge in [0.15, 0.2) is 0 Å². The predicted octanol–water partition coefficient (Wildman–Crippen LogP) is 4.37. The number of rotatable bonds is 4. The van der Waals surface area contributed by atoms with Crippen LogP contribution in [0.2, 0.25) is 0 Å². The summed E-state index contributed by atoms with van der Waals surface area (Å²) in [5, 5.41) is 4.64. The van der Waals surface area contributed by atoms with Crippen LogP contribution >= 0.6 is 0 Å². The molecule has 32 heavy (non-hydrogen) atoms. The standard InChI is InChI=1S/C25H21FN4O2/c1-16-12-13-19(17(2)14-16)23-21(15-30(29-23)18-8-4-3-5-9-18)25(32)28-27-24(31)20-10-6-7-11-22(20)26/h3-15H,1-2H3,(H,27,31)(H,28,32). The molecule has 0 saturated carbocycles. The van der Waals surface area contributed by atoms with E-state index in [1.807, 2.05) is 62.4 Å². The highest BCUT2D eigenvalue weighted by Gasteiger charge is 2.21. The smallest absolute Gasteiger partial charge is 0.267 e. The summed E-state index contributed by atoms with van der Waals surface area (Å²) in [5.41, 5.74) is 8.88. The van der Waals surface area contributed by atoms with Gasteiger partial charge in [0.2, 0.25) is 0 Å². The Balaban J connectivity index is 1.67. The van der Waals surface area contributed by atoms with E-state index in [2.05, 4.69) is 16.0 Å². The average molecular weight is 428 g/mol. The molecule has 0 atom stereocenters. The molecular formula is C25H21FN4O2. The van der Waals surface area contributed by atoms with Crippen molar-refractivity contribution in [1.82, 2.24) is 20.6 Å². The fourth-order valence-electron chi connectivity index (χ4n) is 3.42. The molecule has 4 rings (SSSR count). The van der Waals surface area contributed by atoms with Gasteiger partial charge in [0, 0.05) is 11.8 Å². The number of benzene rings is 3. The van der Waals surface area contributed by atoms with Gasteiger partial charge >= 0.3 is 0 Å². The largest absolute Gasteiger partial charge is 0.273 e. The second-order valence-corrected chi connectivity index (χ2v) is 7.38.